The molecule has 0 fully saturated rings. The van der Waals surface area contributed by atoms with Crippen LogP contribution in [0.5, 0.6) is 5.75 Å². The molecule has 0 saturated carbocycles. The van der Waals surface area contributed by atoms with E-state index in [0.29, 0.717) is 18.0 Å². The van der Waals surface area contributed by atoms with Crippen LogP contribution in [0, 0.1) is 0 Å². The van der Waals surface area contributed by atoms with E-state index in [1.54, 1.807) is 12.1 Å². The van der Waals surface area contributed by atoms with Gasteiger partial charge in [0, 0.05) is 35.8 Å². The second-order valence-electron chi connectivity index (χ2n) is 5.85. The minimum atomic E-state index is 0.265. The van der Waals surface area contributed by atoms with Gasteiger partial charge in [-0.1, -0.05) is 29.8 Å². The molecule has 0 saturated heterocycles. The maximum Gasteiger partial charge on any atom is 0.167 e. The van der Waals surface area contributed by atoms with Crippen molar-refractivity contribution in [3.05, 3.63) is 59.1 Å². The molecule has 1 aliphatic rings. The standard InChI is InChI=1S/C19H19ClN4OS/c1-13(11-14-5-7-17(25)8-6-14)23-24-18-9-10-21-19(26-18)22-16-4-2-3-15(20)12-16/h2-8,12,25H,9-11H2,1H3,(H,21,22)/b23-13+,24-18+. The van der Waals surface area contributed by atoms with Crippen LogP contribution >= 0.6 is 23.4 Å². The van der Waals surface area contributed by atoms with Crippen LogP contribution in [0.25, 0.3) is 0 Å². The van der Waals surface area contributed by atoms with Gasteiger partial charge in [-0.3, -0.25) is 4.99 Å². The number of nitrogens with one attached hydrogen (secondary N) is 1. The Bertz CT molecular complexity index is 862. The Labute approximate surface area is 161 Å². The molecule has 0 spiro atoms. The Kier molecular flexibility index (Phi) is 6.30. The van der Waals surface area contributed by atoms with Crippen molar-refractivity contribution in [3.8, 4) is 5.75 Å². The highest BCUT2D eigenvalue weighted by molar-refractivity contribution is 8.26. The maximum atomic E-state index is 9.33. The predicted molar refractivity (Wildman–Crippen MR) is 112 cm³/mol. The Morgan fingerprint density at radius 3 is 2.85 bits per heavy atom. The summed E-state index contributed by atoms with van der Waals surface area (Å²) in [6, 6.07) is 14.7. The van der Waals surface area contributed by atoms with Gasteiger partial charge in [0.15, 0.2) is 5.17 Å². The van der Waals surface area contributed by atoms with E-state index < -0.39 is 0 Å². The van der Waals surface area contributed by atoms with E-state index in [-0.39, 0.29) is 5.75 Å². The van der Waals surface area contributed by atoms with E-state index in [2.05, 4.69) is 20.5 Å². The van der Waals surface area contributed by atoms with Crippen LogP contribution in [0.3, 0.4) is 0 Å². The number of anilines is 1. The number of thioether (sulfide) groups is 1. The lowest BCUT2D eigenvalue weighted by Gasteiger charge is -2.14. The number of aromatic hydroxyl groups is 1. The van der Waals surface area contributed by atoms with E-state index in [1.807, 2.05) is 43.3 Å². The van der Waals surface area contributed by atoms with Crippen molar-refractivity contribution >= 4 is 45.0 Å². The second kappa shape index (κ2) is 8.87. The van der Waals surface area contributed by atoms with E-state index in [4.69, 9.17) is 11.6 Å². The van der Waals surface area contributed by atoms with Gasteiger partial charge in [0.1, 0.15) is 10.8 Å². The summed E-state index contributed by atoms with van der Waals surface area (Å²) in [4.78, 5) is 4.48. The van der Waals surface area contributed by atoms with Crippen molar-refractivity contribution in [2.75, 3.05) is 11.9 Å². The van der Waals surface area contributed by atoms with Gasteiger partial charge in [-0.05, 0) is 54.6 Å². The molecule has 0 atom stereocenters. The quantitative estimate of drug-likeness (QED) is 0.575. The molecular formula is C19H19ClN4OS. The zero-order chi connectivity index (χ0) is 18.4. The number of halogens is 1. The first-order valence-corrected chi connectivity index (χ1v) is 9.41. The number of hydrogen-bond acceptors (Lipinski definition) is 6. The van der Waals surface area contributed by atoms with Gasteiger partial charge in [0.2, 0.25) is 0 Å². The summed E-state index contributed by atoms with van der Waals surface area (Å²) in [5.74, 6) is 0.265. The molecule has 0 aliphatic carbocycles. The highest BCUT2D eigenvalue weighted by atomic mass is 35.5. The fraction of sp³-hybridized carbons (Fsp3) is 0.211. The Balaban J connectivity index is 1.60. The van der Waals surface area contributed by atoms with Crippen molar-refractivity contribution in [1.82, 2.24) is 0 Å². The van der Waals surface area contributed by atoms with Gasteiger partial charge in [0.05, 0.1) is 0 Å². The van der Waals surface area contributed by atoms with E-state index in [1.165, 1.54) is 11.8 Å². The normalized spacial score (nSPS) is 16.5. The van der Waals surface area contributed by atoms with Crippen molar-refractivity contribution in [3.63, 3.8) is 0 Å². The first-order valence-electron chi connectivity index (χ1n) is 8.21. The molecule has 7 heteroatoms. The van der Waals surface area contributed by atoms with Crippen molar-refractivity contribution in [2.45, 2.75) is 19.8 Å². The maximum absolute atomic E-state index is 9.33. The zero-order valence-corrected chi connectivity index (χ0v) is 15.9. The van der Waals surface area contributed by atoms with E-state index in [9.17, 15) is 5.11 Å². The smallest absolute Gasteiger partial charge is 0.167 e. The minimum absolute atomic E-state index is 0.265. The van der Waals surface area contributed by atoms with E-state index >= 15 is 0 Å². The average Bonchev–Trinajstić information content (AvgIpc) is 2.62. The summed E-state index contributed by atoms with van der Waals surface area (Å²) in [5.41, 5.74) is 2.90. The summed E-state index contributed by atoms with van der Waals surface area (Å²) < 4.78 is 0. The van der Waals surface area contributed by atoms with Gasteiger partial charge < -0.3 is 10.4 Å². The van der Waals surface area contributed by atoms with Crippen molar-refractivity contribution < 1.29 is 5.11 Å². The molecule has 0 radical (unpaired) electrons. The summed E-state index contributed by atoms with van der Waals surface area (Å²) in [7, 11) is 0. The Morgan fingerprint density at radius 1 is 1.27 bits per heavy atom. The number of phenols is 1. The molecule has 134 valence electrons. The molecule has 0 unspecified atom stereocenters. The first kappa shape index (κ1) is 18.5. The summed E-state index contributed by atoms with van der Waals surface area (Å²) in [5, 5.41) is 23.7. The summed E-state index contributed by atoms with van der Waals surface area (Å²) in [6.07, 6.45) is 1.48. The molecule has 2 aromatic rings. The number of amidine groups is 1. The average molecular weight is 387 g/mol. The molecule has 0 bridgehead atoms. The fourth-order valence-corrected chi connectivity index (χ4v) is 3.37. The number of aliphatic imine (C=N–C) groups is 1. The van der Waals surface area contributed by atoms with Crippen LogP contribution < -0.4 is 5.32 Å². The van der Waals surface area contributed by atoms with Crippen LogP contribution in [0.4, 0.5) is 5.69 Å². The molecule has 2 aromatic carbocycles. The molecule has 26 heavy (non-hydrogen) atoms. The number of hydrogen-bond donors (Lipinski definition) is 2. The third-order valence-corrected chi connectivity index (χ3v) is 4.78. The monoisotopic (exact) mass is 386 g/mol. The molecule has 0 aromatic heterocycles. The fourth-order valence-electron chi connectivity index (χ4n) is 2.36. The largest absolute Gasteiger partial charge is 0.508 e. The lowest BCUT2D eigenvalue weighted by atomic mass is 10.1. The molecule has 5 nitrogen and oxygen atoms in total. The topological polar surface area (TPSA) is 69.3 Å². The third kappa shape index (κ3) is 5.61. The van der Waals surface area contributed by atoms with Gasteiger partial charge in [-0.25, -0.2) is 0 Å². The predicted octanol–water partition coefficient (Wildman–Crippen LogP) is 4.97. The van der Waals surface area contributed by atoms with Crippen LogP contribution in [0.2, 0.25) is 5.02 Å². The van der Waals surface area contributed by atoms with Gasteiger partial charge in [-0.15, -0.1) is 5.10 Å². The van der Waals surface area contributed by atoms with Crippen LogP contribution in [0.1, 0.15) is 18.9 Å². The number of nitrogens with zero attached hydrogens (tertiary/aromatic N) is 3. The van der Waals surface area contributed by atoms with Crippen LogP contribution in [0.15, 0.2) is 63.7 Å². The van der Waals surface area contributed by atoms with Gasteiger partial charge >= 0.3 is 0 Å². The van der Waals surface area contributed by atoms with Gasteiger partial charge in [-0.2, -0.15) is 5.10 Å². The minimum Gasteiger partial charge on any atom is -0.508 e. The highest BCUT2D eigenvalue weighted by Gasteiger charge is 2.13. The van der Waals surface area contributed by atoms with Crippen molar-refractivity contribution in [2.24, 2.45) is 15.2 Å². The molecule has 1 heterocycles. The third-order valence-electron chi connectivity index (χ3n) is 3.60. The zero-order valence-electron chi connectivity index (χ0n) is 14.3. The van der Waals surface area contributed by atoms with Crippen LogP contribution in [-0.2, 0) is 6.42 Å². The summed E-state index contributed by atoms with van der Waals surface area (Å²) in [6.45, 7) is 2.63. The number of rotatable bonds is 4. The van der Waals surface area contributed by atoms with E-state index in [0.717, 1.165) is 33.6 Å². The molecule has 0 amide bonds. The molecular weight excluding hydrogens is 368 g/mol. The summed E-state index contributed by atoms with van der Waals surface area (Å²) >= 11 is 7.50. The molecule has 3 rings (SSSR count). The molecule has 1 aliphatic heterocycles. The lowest BCUT2D eigenvalue weighted by Crippen LogP contribution is -2.16. The first-order chi connectivity index (χ1) is 12.6. The Morgan fingerprint density at radius 2 is 2.08 bits per heavy atom. The number of phenolic OH excluding ortho intramolecular Hbond substituents is 1. The molecule has 2 N–H and O–H groups in total. The lowest BCUT2D eigenvalue weighted by molar-refractivity contribution is 0.475. The SMILES string of the molecule is C/C(Cc1ccc(O)cc1)=N\N=C1/CCN=C(Nc2cccc(Cl)c2)S1. The van der Waals surface area contributed by atoms with Crippen LogP contribution in [-0.4, -0.2) is 27.6 Å². The van der Waals surface area contributed by atoms with Gasteiger partial charge in [0.25, 0.3) is 0 Å². The Hall–Kier alpha value is -2.31. The number of benzene rings is 2. The second-order valence-corrected chi connectivity index (χ2v) is 7.35. The van der Waals surface area contributed by atoms with Crippen molar-refractivity contribution in [1.29, 1.82) is 0 Å². The highest BCUT2D eigenvalue weighted by Crippen LogP contribution is 2.21.